The molecule has 0 bridgehead atoms. The predicted octanol–water partition coefficient (Wildman–Crippen LogP) is 1.60. The molecule has 0 aromatic carbocycles. The summed E-state index contributed by atoms with van der Waals surface area (Å²) in [7, 11) is 0. The second kappa shape index (κ2) is 5.80. The molecule has 78 valence electrons. The van der Waals surface area contributed by atoms with Gasteiger partial charge in [0.1, 0.15) is 0 Å². The Labute approximate surface area is 73.5 Å². The standard InChI is InChI=1S/C7H11F3O3/c8-7(9,10)13-6(12)4-2-1-3-5-11/h11H,1-5H2. The van der Waals surface area contributed by atoms with E-state index in [9.17, 15) is 18.0 Å². The predicted molar refractivity (Wildman–Crippen MR) is 37.7 cm³/mol. The number of carbonyl (C=O) groups is 1. The molecule has 0 radical (unpaired) electrons. The molecule has 6 heteroatoms. The summed E-state index contributed by atoms with van der Waals surface area (Å²) in [5.74, 6) is -1.27. The van der Waals surface area contributed by atoms with Crippen LogP contribution in [0.2, 0.25) is 0 Å². The molecular weight excluding hydrogens is 189 g/mol. The van der Waals surface area contributed by atoms with Gasteiger partial charge in [0.15, 0.2) is 0 Å². The SMILES string of the molecule is O=C(CCCCCO)OC(F)(F)F. The van der Waals surface area contributed by atoms with Gasteiger partial charge >= 0.3 is 12.3 Å². The Morgan fingerprint density at radius 1 is 1.23 bits per heavy atom. The molecule has 0 aliphatic heterocycles. The number of aliphatic hydroxyl groups excluding tert-OH is 1. The van der Waals surface area contributed by atoms with E-state index >= 15 is 0 Å². The molecule has 13 heavy (non-hydrogen) atoms. The topological polar surface area (TPSA) is 46.5 Å². The van der Waals surface area contributed by atoms with Crippen LogP contribution in [0.1, 0.15) is 25.7 Å². The van der Waals surface area contributed by atoms with Gasteiger partial charge in [0.2, 0.25) is 0 Å². The fourth-order valence-corrected chi connectivity index (χ4v) is 0.738. The lowest BCUT2D eigenvalue weighted by atomic mass is 10.2. The third-order valence-corrected chi connectivity index (χ3v) is 1.27. The molecule has 0 amide bonds. The van der Waals surface area contributed by atoms with Crippen LogP contribution in [0, 0.1) is 0 Å². The number of alkyl halides is 3. The van der Waals surface area contributed by atoms with Crippen LogP contribution in [-0.2, 0) is 9.53 Å². The summed E-state index contributed by atoms with van der Waals surface area (Å²) in [6.45, 7) is -0.0195. The van der Waals surface area contributed by atoms with Crippen LogP contribution in [0.15, 0.2) is 0 Å². The average Bonchev–Trinajstić information content (AvgIpc) is 1.94. The van der Waals surface area contributed by atoms with Crippen LogP contribution >= 0.6 is 0 Å². The lowest BCUT2D eigenvalue weighted by molar-refractivity contribution is -0.305. The highest BCUT2D eigenvalue weighted by atomic mass is 19.4. The first-order chi connectivity index (χ1) is 5.95. The first kappa shape index (κ1) is 12.2. The largest absolute Gasteiger partial charge is 0.575 e. The van der Waals surface area contributed by atoms with E-state index in [2.05, 4.69) is 4.74 Å². The maximum absolute atomic E-state index is 11.4. The fraction of sp³-hybridized carbons (Fsp3) is 0.857. The molecule has 0 rings (SSSR count). The number of halogens is 3. The average molecular weight is 200 g/mol. The van der Waals surface area contributed by atoms with E-state index in [-0.39, 0.29) is 13.0 Å². The Morgan fingerprint density at radius 3 is 2.31 bits per heavy atom. The molecule has 0 unspecified atom stereocenters. The van der Waals surface area contributed by atoms with Gasteiger partial charge in [-0.1, -0.05) is 6.42 Å². The second-order valence-corrected chi connectivity index (χ2v) is 2.45. The minimum atomic E-state index is -4.88. The molecule has 0 aliphatic carbocycles. The monoisotopic (exact) mass is 200 g/mol. The van der Waals surface area contributed by atoms with Gasteiger partial charge in [-0.2, -0.15) is 0 Å². The van der Waals surface area contributed by atoms with Crippen molar-refractivity contribution in [2.45, 2.75) is 32.0 Å². The van der Waals surface area contributed by atoms with Gasteiger partial charge in [-0.25, -0.2) is 0 Å². The lowest BCUT2D eigenvalue weighted by Crippen LogP contribution is -2.19. The zero-order valence-corrected chi connectivity index (χ0v) is 6.93. The zero-order chi connectivity index (χ0) is 10.3. The smallest absolute Gasteiger partial charge is 0.396 e. The van der Waals surface area contributed by atoms with Gasteiger partial charge in [0.25, 0.3) is 0 Å². The molecule has 0 fully saturated rings. The number of rotatable bonds is 5. The van der Waals surface area contributed by atoms with Gasteiger partial charge in [0, 0.05) is 13.0 Å². The summed E-state index contributed by atoms with van der Waals surface area (Å²) in [5, 5.41) is 8.32. The second-order valence-electron chi connectivity index (χ2n) is 2.45. The molecule has 0 heterocycles. The molecular formula is C7H11F3O3. The number of aliphatic hydroxyl groups is 1. The third kappa shape index (κ3) is 9.13. The number of ether oxygens (including phenoxy) is 1. The van der Waals surface area contributed by atoms with Crippen molar-refractivity contribution in [3.63, 3.8) is 0 Å². The molecule has 1 N–H and O–H groups in total. The Hall–Kier alpha value is -0.780. The van der Waals surface area contributed by atoms with E-state index in [0.29, 0.717) is 19.3 Å². The van der Waals surface area contributed by atoms with Crippen molar-refractivity contribution in [3.05, 3.63) is 0 Å². The van der Waals surface area contributed by atoms with Gasteiger partial charge in [-0.05, 0) is 12.8 Å². The molecule has 0 aromatic rings. The minimum Gasteiger partial charge on any atom is -0.396 e. The summed E-state index contributed by atoms with van der Waals surface area (Å²) in [6.07, 6.45) is -3.84. The first-order valence-corrected chi connectivity index (χ1v) is 3.85. The normalized spacial score (nSPS) is 11.4. The van der Waals surface area contributed by atoms with Crippen LogP contribution in [0.25, 0.3) is 0 Å². The lowest BCUT2D eigenvalue weighted by Gasteiger charge is -2.06. The molecule has 0 aromatic heterocycles. The number of carbonyl (C=O) groups excluding carboxylic acids is 1. The summed E-state index contributed by atoms with van der Waals surface area (Å²) in [6, 6.07) is 0. The van der Waals surface area contributed by atoms with E-state index in [4.69, 9.17) is 5.11 Å². The van der Waals surface area contributed by atoms with Crippen LogP contribution in [0.4, 0.5) is 13.2 Å². The van der Waals surface area contributed by atoms with E-state index in [0.717, 1.165) is 0 Å². The van der Waals surface area contributed by atoms with Gasteiger partial charge < -0.3 is 9.84 Å². The molecule has 0 saturated heterocycles. The van der Waals surface area contributed by atoms with Crippen LogP contribution < -0.4 is 0 Å². The number of unbranched alkanes of at least 4 members (excludes halogenated alkanes) is 2. The molecule has 0 atom stereocenters. The maximum atomic E-state index is 11.4. The number of esters is 1. The molecule has 0 spiro atoms. The van der Waals surface area contributed by atoms with Crippen molar-refractivity contribution in [2.24, 2.45) is 0 Å². The Kier molecular flexibility index (Phi) is 5.45. The third-order valence-electron chi connectivity index (χ3n) is 1.27. The van der Waals surface area contributed by atoms with Crippen molar-refractivity contribution in [3.8, 4) is 0 Å². The Balaban J connectivity index is 3.41. The summed E-state index contributed by atoms with van der Waals surface area (Å²) < 4.78 is 37.3. The van der Waals surface area contributed by atoms with Crippen LogP contribution in [-0.4, -0.2) is 24.0 Å². The van der Waals surface area contributed by atoms with Gasteiger partial charge in [0.05, 0.1) is 0 Å². The molecule has 0 saturated carbocycles. The number of hydrogen-bond donors (Lipinski definition) is 1. The van der Waals surface area contributed by atoms with Crippen LogP contribution in [0.5, 0.6) is 0 Å². The van der Waals surface area contributed by atoms with Gasteiger partial charge in [-0.3, -0.25) is 4.79 Å². The molecule has 0 aliphatic rings. The highest BCUT2D eigenvalue weighted by molar-refractivity contribution is 5.69. The van der Waals surface area contributed by atoms with Crippen molar-refractivity contribution < 1.29 is 27.8 Å². The van der Waals surface area contributed by atoms with Gasteiger partial charge in [-0.15, -0.1) is 13.2 Å². The fourth-order valence-electron chi connectivity index (χ4n) is 0.738. The number of hydrogen-bond acceptors (Lipinski definition) is 3. The highest BCUT2D eigenvalue weighted by Gasteiger charge is 2.33. The zero-order valence-electron chi connectivity index (χ0n) is 6.93. The van der Waals surface area contributed by atoms with Crippen molar-refractivity contribution >= 4 is 5.97 Å². The summed E-state index contributed by atoms with van der Waals surface area (Å²) in [4.78, 5) is 10.4. The van der Waals surface area contributed by atoms with Crippen LogP contribution in [0.3, 0.4) is 0 Å². The minimum absolute atomic E-state index is 0.0195. The maximum Gasteiger partial charge on any atom is 0.575 e. The summed E-state index contributed by atoms with van der Waals surface area (Å²) >= 11 is 0. The Morgan fingerprint density at radius 2 is 1.85 bits per heavy atom. The highest BCUT2D eigenvalue weighted by Crippen LogP contribution is 2.17. The quantitative estimate of drug-likeness (QED) is 0.541. The Bertz CT molecular complexity index is 156. The van der Waals surface area contributed by atoms with E-state index in [1.807, 2.05) is 0 Å². The first-order valence-electron chi connectivity index (χ1n) is 3.85. The van der Waals surface area contributed by atoms with E-state index in [1.54, 1.807) is 0 Å². The molecule has 3 nitrogen and oxygen atoms in total. The van der Waals surface area contributed by atoms with Crippen molar-refractivity contribution in [1.82, 2.24) is 0 Å². The van der Waals surface area contributed by atoms with E-state index < -0.39 is 12.3 Å². The van der Waals surface area contributed by atoms with Crippen molar-refractivity contribution in [1.29, 1.82) is 0 Å². The van der Waals surface area contributed by atoms with E-state index in [1.165, 1.54) is 0 Å². The summed E-state index contributed by atoms with van der Waals surface area (Å²) in [5.41, 5.74) is 0. The van der Waals surface area contributed by atoms with Crippen molar-refractivity contribution in [2.75, 3.05) is 6.61 Å².